The van der Waals surface area contributed by atoms with Gasteiger partial charge < -0.3 is 15.0 Å². The number of hydrogen-bond donors (Lipinski definition) is 1. The summed E-state index contributed by atoms with van der Waals surface area (Å²) in [6, 6.07) is 14.7. The molecule has 0 spiro atoms. The van der Waals surface area contributed by atoms with E-state index in [4.69, 9.17) is 16.3 Å². The molecule has 0 saturated carbocycles. The molecule has 0 unspecified atom stereocenters. The minimum atomic E-state index is -0.141. The Morgan fingerprint density at radius 2 is 1.90 bits per heavy atom. The van der Waals surface area contributed by atoms with Gasteiger partial charge >= 0.3 is 6.03 Å². The number of carbonyl (C=O) groups excluding carboxylic acids is 1. The van der Waals surface area contributed by atoms with E-state index in [0.717, 1.165) is 17.0 Å². The minimum absolute atomic E-state index is 0.141. The van der Waals surface area contributed by atoms with E-state index in [2.05, 4.69) is 5.32 Å². The maximum atomic E-state index is 12.3. The molecular weight excluding hydrogens is 288 g/mol. The number of ether oxygens (including phenoxy) is 1. The van der Waals surface area contributed by atoms with Crippen LogP contribution in [-0.4, -0.2) is 24.1 Å². The van der Waals surface area contributed by atoms with E-state index in [1.807, 2.05) is 24.3 Å². The zero-order valence-electron chi connectivity index (χ0n) is 11.4. The molecule has 0 atom stereocenters. The van der Waals surface area contributed by atoms with Gasteiger partial charge in [-0.25, -0.2) is 4.79 Å². The number of fused-ring (bicyclic) bond motifs is 1. The number of nitrogens with zero attached hydrogens (tertiary/aromatic N) is 1. The lowest BCUT2D eigenvalue weighted by Gasteiger charge is -2.20. The van der Waals surface area contributed by atoms with Crippen molar-refractivity contribution in [1.29, 1.82) is 0 Å². The molecule has 1 aliphatic heterocycles. The molecule has 0 saturated heterocycles. The van der Waals surface area contributed by atoms with E-state index in [1.54, 1.807) is 29.2 Å². The highest BCUT2D eigenvalue weighted by Crippen LogP contribution is 2.23. The van der Waals surface area contributed by atoms with Gasteiger partial charge in [0.15, 0.2) is 0 Å². The van der Waals surface area contributed by atoms with Gasteiger partial charge in [0.2, 0.25) is 0 Å². The second-order valence-electron chi connectivity index (χ2n) is 4.81. The van der Waals surface area contributed by atoms with Crippen LogP contribution in [0.15, 0.2) is 48.5 Å². The minimum Gasteiger partial charge on any atom is -0.491 e. The standard InChI is InChI=1S/C16H15ClN2O2/c17-13-5-7-14(8-6-13)18-16(20)19-9-10-21-15-4-2-1-3-12(15)11-19/h1-8H,9-11H2,(H,18,20). The summed E-state index contributed by atoms with van der Waals surface area (Å²) < 4.78 is 5.66. The highest BCUT2D eigenvalue weighted by atomic mass is 35.5. The van der Waals surface area contributed by atoms with Gasteiger partial charge in [-0.2, -0.15) is 0 Å². The van der Waals surface area contributed by atoms with Crippen molar-refractivity contribution in [1.82, 2.24) is 4.90 Å². The van der Waals surface area contributed by atoms with Crippen LogP contribution in [0.5, 0.6) is 5.75 Å². The Morgan fingerprint density at radius 1 is 1.14 bits per heavy atom. The number of anilines is 1. The molecule has 1 aliphatic rings. The maximum absolute atomic E-state index is 12.3. The van der Waals surface area contributed by atoms with Crippen molar-refractivity contribution in [3.05, 3.63) is 59.1 Å². The number of rotatable bonds is 1. The average Bonchev–Trinajstić information content (AvgIpc) is 2.72. The lowest BCUT2D eigenvalue weighted by atomic mass is 10.2. The van der Waals surface area contributed by atoms with Gasteiger partial charge in [-0.15, -0.1) is 0 Å². The van der Waals surface area contributed by atoms with E-state index in [9.17, 15) is 4.79 Å². The first-order chi connectivity index (χ1) is 10.2. The number of urea groups is 1. The maximum Gasteiger partial charge on any atom is 0.322 e. The van der Waals surface area contributed by atoms with Crippen molar-refractivity contribution >= 4 is 23.3 Å². The molecule has 2 aromatic rings. The topological polar surface area (TPSA) is 41.6 Å². The van der Waals surface area contributed by atoms with E-state index >= 15 is 0 Å². The third kappa shape index (κ3) is 3.28. The summed E-state index contributed by atoms with van der Waals surface area (Å²) >= 11 is 5.84. The fourth-order valence-electron chi connectivity index (χ4n) is 2.23. The SMILES string of the molecule is O=C(Nc1ccc(Cl)cc1)N1CCOc2ccccc2C1. The van der Waals surface area contributed by atoms with Gasteiger partial charge in [0, 0.05) is 16.3 Å². The fraction of sp³-hybridized carbons (Fsp3) is 0.188. The number of carbonyl (C=O) groups is 1. The smallest absolute Gasteiger partial charge is 0.322 e. The lowest BCUT2D eigenvalue weighted by molar-refractivity contribution is 0.200. The van der Waals surface area contributed by atoms with Crippen molar-refractivity contribution < 1.29 is 9.53 Å². The average molecular weight is 303 g/mol. The van der Waals surface area contributed by atoms with Crippen LogP contribution < -0.4 is 10.1 Å². The molecule has 108 valence electrons. The van der Waals surface area contributed by atoms with Gasteiger partial charge in [-0.3, -0.25) is 0 Å². The van der Waals surface area contributed by atoms with Crippen molar-refractivity contribution in [2.24, 2.45) is 0 Å². The Balaban J connectivity index is 1.71. The predicted molar refractivity (Wildman–Crippen MR) is 82.8 cm³/mol. The Morgan fingerprint density at radius 3 is 2.71 bits per heavy atom. The van der Waals surface area contributed by atoms with E-state index in [1.165, 1.54) is 0 Å². The summed E-state index contributed by atoms with van der Waals surface area (Å²) in [7, 11) is 0. The van der Waals surface area contributed by atoms with Crippen LogP contribution in [-0.2, 0) is 6.54 Å². The van der Waals surface area contributed by atoms with Crippen LogP contribution in [0.25, 0.3) is 0 Å². The van der Waals surface area contributed by atoms with Crippen LogP contribution >= 0.6 is 11.6 Å². The Hall–Kier alpha value is -2.20. The number of hydrogen-bond acceptors (Lipinski definition) is 2. The van der Waals surface area contributed by atoms with E-state index in [0.29, 0.717) is 24.7 Å². The Bertz CT molecular complexity index is 643. The van der Waals surface area contributed by atoms with Crippen LogP contribution in [0.3, 0.4) is 0 Å². The van der Waals surface area contributed by atoms with Gasteiger partial charge in [0.05, 0.1) is 13.1 Å². The third-order valence-corrected chi connectivity index (χ3v) is 3.59. The molecule has 1 N–H and O–H groups in total. The van der Waals surface area contributed by atoms with Crippen LogP contribution in [0.2, 0.25) is 5.02 Å². The monoisotopic (exact) mass is 302 g/mol. The molecule has 0 fully saturated rings. The van der Waals surface area contributed by atoms with E-state index < -0.39 is 0 Å². The second kappa shape index (κ2) is 6.06. The van der Waals surface area contributed by atoms with E-state index in [-0.39, 0.29) is 6.03 Å². The molecule has 0 radical (unpaired) electrons. The molecule has 21 heavy (non-hydrogen) atoms. The number of nitrogens with one attached hydrogen (secondary N) is 1. The molecule has 0 aliphatic carbocycles. The van der Waals surface area contributed by atoms with Gasteiger partial charge in [-0.1, -0.05) is 29.8 Å². The molecule has 2 amide bonds. The predicted octanol–water partition coefficient (Wildman–Crippen LogP) is 3.77. The number of halogens is 1. The summed E-state index contributed by atoms with van der Waals surface area (Å²) in [5, 5.41) is 3.51. The van der Waals surface area contributed by atoms with Crippen molar-refractivity contribution in [2.45, 2.75) is 6.54 Å². The molecule has 4 nitrogen and oxygen atoms in total. The molecule has 0 aromatic heterocycles. The van der Waals surface area contributed by atoms with Crippen LogP contribution in [0, 0.1) is 0 Å². The molecule has 5 heteroatoms. The summed E-state index contributed by atoms with van der Waals surface area (Å²) in [6.07, 6.45) is 0. The normalized spacial score (nSPS) is 13.9. The zero-order chi connectivity index (χ0) is 14.7. The quantitative estimate of drug-likeness (QED) is 0.871. The van der Waals surface area contributed by atoms with Crippen molar-refractivity contribution in [3.8, 4) is 5.75 Å². The third-order valence-electron chi connectivity index (χ3n) is 3.34. The molecule has 0 bridgehead atoms. The lowest BCUT2D eigenvalue weighted by Crippen LogP contribution is -2.36. The second-order valence-corrected chi connectivity index (χ2v) is 5.25. The van der Waals surface area contributed by atoms with Gasteiger partial charge in [0.25, 0.3) is 0 Å². The molecular formula is C16H15ClN2O2. The van der Waals surface area contributed by atoms with Gasteiger partial charge in [-0.05, 0) is 30.3 Å². The first-order valence-corrected chi connectivity index (χ1v) is 7.12. The largest absolute Gasteiger partial charge is 0.491 e. The summed E-state index contributed by atoms with van der Waals surface area (Å²) in [4.78, 5) is 14.1. The molecule has 3 rings (SSSR count). The fourth-order valence-corrected chi connectivity index (χ4v) is 2.36. The summed E-state index contributed by atoms with van der Waals surface area (Å²) in [6.45, 7) is 1.58. The van der Waals surface area contributed by atoms with Crippen LogP contribution in [0.1, 0.15) is 5.56 Å². The first-order valence-electron chi connectivity index (χ1n) is 6.74. The number of para-hydroxylation sites is 1. The number of benzene rings is 2. The first kappa shape index (κ1) is 13.8. The molecule has 1 heterocycles. The highest BCUT2D eigenvalue weighted by Gasteiger charge is 2.19. The van der Waals surface area contributed by atoms with Crippen molar-refractivity contribution in [3.63, 3.8) is 0 Å². The van der Waals surface area contributed by atoms with Crippen molar-refractivity contribution in [2.75, 3.05) is 18.5 Å². The Labute approximate surface area is 128 Å². The summed E-state index contributed by atoms with van der Waals surface area (Å²) in [5.74, 6) is 0.847. The highest BCUT2D eigenvalue weighted by molar-refractivity contribution is 6.30. The molecule has 2 aromatic carbocycles. The van der Waals surface area contributed by atoms with Crippen LogP contribution in [0.4, 0.5) is 10.5 Å². The van der Waals surface area contributed by atoms with Gasteiger partial charge in [0.1, 0.15) is 12.4 Å². The summed E-state index contributed by atoms with van der Waals surface area (Å²) in [5.41, 5.74) is 1.74. The Kier molecular flexibility index (Phi) is 3.97. The zero-order valence-corrected chi connectivity index (χ0v) is 12.1. The number of amides is 2.